The number of halogens is 1. The van der Waals surface area contributed by atoms with Crippen LogP contribution in [-0.4, -0.2) is 17.3 Å². The molecule has 1 unspecified atom stereocenters. The van der Waals surface area contributed by atoms with Crippen molar-refractivity contribution in [1.29, 1.82) is 0 Å². The molecule has 1 N–H and O–H groups in total. The molecule has 106 valence electrons. The van der Waals surface area contributed by atoms with Crippen LogP contribution in [0.15, 0.2) is 0 Å². The van der Waals surface area contributed by atoms with Crippen LogP contribution in [0.2, 0.25) is 0 Å². The van der Waals surface area contributed by atoms with E-state index in [4.69, 9.17) is 11.6 Å². The van der Waals surface area contributed by atoms with Gasteiger partial charge in [-0.25, -0.2) is 0 Å². The Bertz CT molecular complexity index is 275. The molecule has 0 heterocycles. The lowest BCUT2D eigenvalue weighted by Gasteiger charge is -2.38. The van der Waals surface area contributed by atoms with Crippen LogP contribution < -0.4 is 5.32 Å². The normalized spacial score (nSPS) is 27.1. The van der Waals surface area contributed by atoms with Gasteiger partial charge >= 0.3 is 0 Å². The number of carbonyl (C=O) groups excluding carboxylic acids is 1. The van der Waals surface area contributed by atoms with Crippen molar-refractivity contribution < 1.29 is 4.79 Å². The lowest BCUT2D eigenvalue weighted by molar-refractivity contribution is -0.122. The van der Waals surface area contributed by atoms with Gasteiger partial charge in [0.05, 0.1) is 0 Å². The van der Waals surface area contributed by atoms with E-state index in [0.717, 1.165) is 18.8 Å². The van der Waals surface area contributed by atoms with Crippen molar-refractivity contribution in [2.24, 2.45) is 17.3 Å². The molecule has 1 saturated carbocycles. The van der Waals surface area contributed by atoms with Gasteiger partial charge in [0.15, 0.2) is 0 Å². The van der Waals surface area contributed by atoms with E-state index in [1.54, 1.807) is 0 Å². The van der Waals surface area contributed by atoms with Crippen LogP contribution in [0.3, 0.4) is 0 Å². The molecule has 1 fully saturated rings. The number of carbonyl (C=O) groups is 1. The zero-order chi connectivity index (χ0) is 13.9. The van der Waals surface area contributed by atoms with E-state index in [-0.39, 0.29) is 17.3 Å². The van der Waals surface area contributed by atoms with Crippen molar-refractivity contribution in [2.45, 2.75) is 71.7 Å². The molecule has 1 amide bonds. The molecule has 2 nitrogen and oxygen atoms in total. The smallest absolute Gasteiger partial charge is 0.238 e. The largest absolute Gasteiger partial charge is 0.353 e. The molecule has 0 saturated heterocycles. The minimum absolute atomic E-state index is 0.00544. The van der Waals surface area contributed by atoms with Crippen LogP contribution in [0.25, 0.3) is 0 Å². The molecular formula is C15H28ClNO. The summed E-state index contributed by atoms with van der Waals surface area (Å²) in [4.78, 5) is 11.9. The number of hydrogen-bond acceptors (Lipinski definition) is 1. The molecule has 1 aliphatic rings. The van der Waals surface area contributed by atoms with E-state index < -0.39 is 0 Å². The summed E-state index contributed by atoms with van der Waals surface area (Å²) in [6, 6.07) is 0.171. The second-order valence-electron chi connectivity index (χ2n) is 7.04. The first kappa shape index (κ1) is 15.8. The summed E-state index contributed by atoms with van der Waals surface area (Å²) >= 11 is 6.30. The Hall–Kier alpha value is -0.240. The summed E-state index contributed by atoms with van der Waals surface area (Å²) in [6.07, 6.45) is 4.57. The van der Waals surface area contributed by atoms with E-state index in [0.29, 0.717) is 11.3 Å². The van der Waals surface area contributed by atoms with Gasteiger partial charge in [0, 0.05) is 6.04 Å². The van der Waals surface area contributed by atoms with Crippen LogP contribution in [0.1, 0.15) is 60.3 Å². The van der Waals surface area contributed by atoms with Gasteiger partial charge in [0.2, 0.25) is 5.91 Å². The summed E-state index contributed by atoms with van der Waals surface area (Å²) in [7, 11) is 0. The Morgan fingerprint density at radius 2 is 1.67 bits per heavy atom. The Kier molecular flexibility index (Phi) is 5.51. The Morgan fingerprint density at radius 3 is 2.06 bits per heavy atom. The van der Waals surface area contributed by atoms with Crippen molar-refractivity contribution in [3.05, 3.63) is 0 Å². The van der Waals surface area contributed by atoms with Gasteiger partial charge in [0.25, 0.3) is 0 Å². The van der Waals surface area contributed by atoms with Crippen LogP contribution in [0.5, 0.6) is 0 Å². The van der Waals surface area contributed by atoms with E-state index >= 15 is 0 Å². The van der Waals surface area contributed by atoms with E-state index in [9.17, 15) is 4.79 Å². The average Bonchev–Trinajstić information content (AvgIpc) is 2.26. The molecule has 1 atom stereocenters. The maximum Gasteiger partial charge on any atom is 0.238 e. The summed E-state index contributed by atoms with van der Waals surface area (Å²) in [5.41, 5.74) is 0.382. The monoisotopic (exact) mass is 273 g/mol. The summed E-state index contributed by atoms with van der Waals surface area (Å²) in [5, 5.41) is 2.56. The molecular weight excluding hydrogens is 246 g/mol. The van der Waals surface area contributed by atoms with Crippen LogP contribution in [-0.2, 0) is 4.79 Å². The minimum atomic E-state index is -0.353. The first-order chi connectivity index (χ1) is 8.21. The first-order valence-corrected chi connectivity index (χ1v) is 7.60. The predicted molar refractivity (Wildman–Crippen MR) is 77.8 cm³/mol. The first-order valence-electron chi connectivity index (χ1n) is 7.16. The van der Waals surface area contributed by atoms with Crippen molar-refractivity contribution in [3.63, 3.8) is 0 Å². The van der Waals surface area contributed by atoms with Gasteiger partial charge in [-0.1, -0.05) is 20.8 Å². The maximum atomic E-state index is 11.9. The number of rotatable bonds is 3. The zero-order valence-electron chi connectivity index (χ0n) is 12.4. The average molecular weight is 274 g/mol. The highest BCUT2D eigenvalue weighted by Gasteiger charge is 2.34. The molecule has 1 rings (SSSR count). The summed E-state index contributed by atoms with van der Waals surface area (Å²) < 4.78 is 0. The lowest BCUT2D eigenvalue weighted by Crippen LogP contribution is -2.41. The maximum absolute atomic E-state index is 11.9. The fourth-order valence-corrected chi connectivity index (χ4v) is 3.17. The number of amides is 1. The molecule has 1 aliphatic carbocycles. The fourth-order valence-electron chi connectivity index (χ4n) is 2.86. The number of nitrogens with one attached hydrogen (secondary N) is 1. The molecule has 0 aromatic heterocycles. The summed E-state index contributed by atoms with van der Waals surface area (Å²) in [5.74, 6) is 1.13. The van der Waals surface area contributed by atoms with Gasteiger partial charge < -0.3 is 5.32 Å². The topological polar surface area (TPSA) is 29.1 Å². The highest BCUT2D eigenvalue weighted by atomic mass is 35.5. The molecule has 0 radical (unpaired) electrons. The Balaban J connectivity index is 2.45. The standard InChI is InChI=1S/C15H28ClNO/c1-10(2)17-14(18)13(16)11-6-8-12(9-7-11)15(3,4)5/h10-13H,6-9H2,1-5H3,(H,17,18). The van der Waals surface area contributed by atoms with Gasteiger partial charge in [-0.3, -0.25) is 4.79 Å². The van der Waals surface area contributed by atoms with E-state index in [2.05, 4.69) is 26.1 Å². The van der Waals surface area contributed by atoms with E-state index in [1.807, 2.05) is 13.8 Å². The van der Waals surface area contributed by atoms with Gasteiger partial charge in [-0.2, -0.15) is 0 Å². The van der Waals surface area contributed by atoms with Crippen molar-refractivity contribution in [3.8, 4) is 0 Å². The van der Waals surface area contributed by atoms with Gasteiger partial charge in [-0.05, 0) is 56.8 Å². The molecule has 0 aromatic carbocycles. The highest BCUT2D eigenvalue weighted by molar-refractivity contribution is 6.31. The number of hydrogen-bond donors (Lipinski definition) is 1. The van der Waals surface area contributed by atoms with Crippen molar-refractivity contribution in [1.82, 2.24) is 5.32 Å². The lowest BCUT2D eigenvalue weighted by atomic mass is 9.69. The quantitative estimate of drug-likeness (QED) is 0.775. The van der Waals surface area contributed by atoms with Crippen LogP contribution in [0.4, 0.5) is 0 Å². The Labute approximate surface area is 117 Å². The molecule has 3 heteroatoms. The minimum Gasteiger partial charge on any atom is -0.353 e. The molecule has 0 aromatic rings. The fraction of sp³-hybridized carbons (Fsp3) is 0.933. The third-order valence-electron chi connectivity index (χ3n) is 4.09. The number of alkyl halides is 1. The highest BCUT2D eigenvalue weighted by Crippen LogP contribution is 2.41. The van der Waals surface area contributed by atoms with Crippen LogP contribution >= 0.6 is 11.6 Å². The van der Waals surface area contributed by atoms with E-state index in [1.165, 1.54) is 12.8 Å². The molecule has 0 bridgehead atoms. The summed E-state index contributed by atoms with van der Waals surface area (Å²) in [6.45, 7) is 10.9. The SMILES string of the molecule is CC(C)NC(=O)C(Cl)C1CCC(C(C)(C)C)CC1. The predicted octanol–water partition coefficient (Wildman–Crippen LogP) is 3.97. The van der Waals surface area contributed by atoms with Crippen LogP contribution in [0, 0.1) is 17.3 Å². The second-order valence-corrected chi connectivity index (χ2v) is 7.51. The molecule has 18 heavy (non-hydrogen) atoms. The Morgan fingerprint density at radius 1 is 1.17 bits per heavy atom. The van der Waals surface area contributed by atoms with Crippen molar-refractivity contribution >= 4 is 17.5 Å². The third-order valence-corrected chi connectivity index (χ3v) is 4.65. The second kappa shape index (κ2) is 6.27. The third kappa shape index (κ3) is 4.46. The molecule has 0 spiro atoms. The molecule has 0 aliphatic heterocycles. The zero-order valence-corrected chi connectivity index (χ0v) is 13.2. The van der Waals surface area contributed by atoms with Gasteiger partial charge in [0.1, 0.15) is 5.38 Å². The van der Waals surface area contributed by atoms with Gasteiger partial charge in [-0.15, -0.1) is 11.6 Å². The van der Waals surface area contributed by atoms with Crippen molar-refractivity contribution in [2.75, 3.05) is 0 Å².